The van der Waals surface area contributed by atoms with Crippen molar-refractivity contribution in [2.45, 2.75) is 19.4 Å². The SMILES string of the molecule is CN(Cc1cnn(C)c1)CC1CCNCC1. The normalized spacial score (nSPS) is 18.2. The Labute approximate surface area is 97.6 Å². The van der Waals surface area contributed by atoms with Gasteiger partial charge in [-0.2, -0.15) is 5.10 Å². The van der Waals surface area contributed by atoms with Crippen molar-refractivity contribution in [3.63, 3.8) is 0 Å². The van der Waals surface area contributed by atoms with Gasteiger partial charge in [-0.1, -0.05) is 0 Å². The Morgan fingerprint density at radius 1 is 1.50 bits per heavy atom. The highest BCUT2D eigenvalue weighted by molar-refractivity contribution is 5.02. The minimum absolute atomic E-state index is 0.864. The van der Waals surface area contributed by atoms with E-state index < -0.39 is 0 Å². The summed E-state index contributed by atoms with van der Waals surface area (Å²) < 4.78 is 1.87. The molecule has 0 atom stereocenters. The highest BCUT2D eigenvalue weighted by Gasteiger charge is 2.15. The summed E-state index contributed by atoms with van der Waals surface area (Å²) in [7, 11) is 4.17. The molecule has 0 spiro atoms. The van der Waals surface area contributed by atoms with Crippen LogP contribution in [0, 0.1) is 5.92 Å². The number of nitrogens with zero attached hydrogens (tertiary/aromatic N) is 3. The minimum atomic E-state index is 0.864. The first-order valence-corrected chi connectivity index (χ1v) is 6.11. The molecule has 0 saturated carbocycles. The molecule has 0 radical (unpaired) electrons. The lowest BCUT2D eigenvalue weighted by Crippen LogP contribution is -2.34. The molecule has 2 rings (SSSR count). The van der Waals surface area contributed by atoms with Gasteiger partial charge >= 0.3 is 0 Å². The van der Waals surface area contributed by atoms with Gasteiger partial charge in [-0.25, -0.2) is 0 Å². The molecule has 4 nitrogen and oxygen atoms in total. The van der Waals surface area contributed by atoms with Crippen molar-refractivity contribution < 1.29 is 0 Å². The molecule has 90 valence electrons. The molecule has 4 heteroatoms. The summed E-state index contributed by atoms with van der Waals surface area (Å²) in [6.45, 7) is 4.59. The van der Waals surface area contributed by atoms with Crippen molar-refractivity contribution in [3.05, 3.63) is 18.0 Å². The van der Waals surface area contributed by atoms with Crippen molar-refractivity contribution in [2.75, 3.05) is 26.7 Å². The molecule has 0 amide bonds. The van der Waals surface area contributed by atoms with E-state index in [9.17, 15) is 0 Å². The van der Waals surface area contributed by atoms with Gasteiger partial charge in [0.25, 0.3) is 0 Å². The topological polar surface area (TPSA) is 33.1 Å². The molecule has 1 aliphatic heterocycles. The van der Waals surface area contributed by atoms with Crippen LogP contribution in [-0.2, 0) is 13.6 Å². The number of rotatable bonds is 4. The molecule has 0 aliphatic carbocycles. The van der Waals surface area contributed by atoms with Crippen molar-refractivity contribution in [3.8, 4) is 0 Å². The van der Waals surface area contributed by atoms with E-state index in [2.05, 4.69) is 28.6 Å². The third-order valence-corrected chi connectivity index (χ3v) is 3.24. The molecule has 2 heterocycles. The highest BCUT2D eigenvalue weighted by atomic mass is 15.2. The van der Waals surface area contributed by atoms with Crippen LogP contribution in [0.3, 0.4) is 0 Å². The molecule has 1 saturated heterocycles. The van der Waals surface area contributed by atoms with Crippen LogP contribution in [-0.4, -0.2) is 41.4 Å². The van der Waals surface area contributed by atoms with Crippen LogP contribution >= 0.6 is 0 Å². The lowest BCUT2D eigenvalue weighted by atomic mass is 9.97. The summed E-state index contributed by atoms with van der Waals surface area (Å²) >= 11 is 0. The summed E-state index contributed by atoms with van der Waals surface area (Å²) in [6.07, 6.45) is 6.69. The fourth-order valence-electron chi connectivity index (χ4n) is 2.43. The predicted molar refractivity (Wildman–Crippen MR) is 65.1 cm³/mol. The summed E-state index contributed by atoms with van der Waals surface area (Å²) in [4.78, 5) is 2.41. The fraction of sp³-hybridized carbons (Fsp3) is 0.750. The lowest BCUT2D eigenvalue weighted by molar-refractivity contribution is 0.234. The average molecular weight is 222 g/mol. The van der Waals surface area contributed by atoms with E-state index >= 15 is 0 Å². The second-order valence-electron chi connectivity index (χ2n) is 4.91. The predicted octanol–water partition coefficient (Wildman–Crippen LogP) is 0.851. The van der Waals surface area contributed by atoms with Gasteiger partial charge < -0.3 is 10.2 Å². The summed E-state index contributed by atoms with van der Waals surface area (Å²) in [5, 5.41) is 7.61. The van der Waals surface area contributed by atoms with E-state index in [4.69, 9.17) is 0 Å². The van der Waals surface area contributed by atoms with Crippen LogP contribution in [0.2, 0.25) is 0 Å². The number of nitrogens with one attached hydrogen (secondary N) is 1. The van der Waals surface area contributed by atoms with Crippen LogP contribution < -0.4 is 5.32 Å². The Bertz CT molecular complexity index is 315. The minimum Gasteiger partial charge on any atom is -0.317 e. The molecular formula is C12H22N4. The molecule has 0 unspecified atom stereocenters. The molecule has 0 bridgehead atoms. The van der Waals surface area contributed by atoms with Crippen molar-refractivity contribution in [2.24, 2.45) is 13.0 Å². The van der Waals surface area contributed by atoms with Crippen LogP contribution in [0.1, 0.15) is 18.4 Å². The molecule has 0 aromatic carbocycles. The van der Waals surface area contributed by atoms with Gasteiger partial charge in [0.05, 0.1) is 6.20 Å². The second kappa shape index (κ2) is 5.46. The van der Waals surface area contributed by atoms with E-state index in [0.717, 1.165) is 12.5 Å². The Hall–Kier alpha value is -0.870. The maximum atomic E-state index is 4.20. The number of aryl methyl sites for hydroxylation is 1. The zero-order valence-corrected chi connectivity index (χ0v) is 10.3. The van der Waals surface area contributed by atoms with Gasteiger partial charge in [0.15, 0.2) is 0 Å². The van der Waals surface area contributed by atoms with Gasteiger partial charge in [0.1, 0.15) is 0 Å². The first-order chi connectivity index (χ1) is 7.74. The highest BCUT2D eigenvalue weighted by Crippen LogP contribution is 2.13. The van der Waals surface area contributed by atoms with E-state index in [0.29, 0.717) is 0 Å². The monoisotopic (exact) mass is 222 g/mol. The number of piperidine rings is 1. The van der Waals surface area contributed by atoms with Crippen molar-refractivity contribution in [1.82, 2.24) is 20.0 Å². The third kappa shape index (κ3) is 3.32. The first kappa shape index (κ1) is 11.6. The summed E-state index contributed by atoms with van der Waals surface area (Å²) in [5.74, 6) is 0.864. The van der Waals surface area contributed by atoms with E-state index in [1.165, 1.54) is 38.0 Å². The van der Waals surface area contributed by atoms with Gasteiger partial charge in [-0.05, 0) is 38.9 Å². The number of aromatic nitrogens is 2. The van der Waals surface area contributed by atoms with E-state index in [1.807, 2.05) is 17.9 Å². The Morgan fingerprint density at radius 2 is 2.25 bits per heavy atom. The molecule has 1 aromatic heterocycles. The Balaban J connectivity index is 1.77. The van der Waals surface area contributed by atoms with Gasteiger partial charge in [0, 0.05) is 31.9 Å². The zero-order chi connectivity index (χ0) is 11.4. The molecule has 1 fully saturated rings. The summed E-state index contributed by atoms with van der Waals surface area (Å²) in [5.41, 5.74) is 1.30. The fourth-order valence-corrected chi connectivity index (χ4v) is 2.43. The van der Waals surface area contributed by atoms with Crippen LogP contribution in [0.5, 0.6) is 0 Å². The largest absolute Gasteiger partial charge is 0.317 e. The smallest absolute Gasteiger partial charge is 0.0534 e. The molecule has 1 N–H and O–H groups in total. The maximum absolute atomic E-state index is 4.20. The molecular weight excluding hydrogens is 200 g/mol. The van der Waals surface area contributed by atoms with Crippen LogP contribution in [0.15, 0.2) is 12.4 Å². The van der Waals surface area contributed by atoms with E-state index in [1.54, 1.807) is 0 Å². The van der Waals surface area contributed by atoms with Gasteiger partial charge in [-0.15, -0.1) is 0 Å². The molecule has 1 aromatic rings. The van der Waals surface area contributed by atoms with E-state index in [-0.39, 0.29) is 0 Å². The van der Waals surface area contributed by atoms with Crippen molar-refractivity contribution in [1.29, 1.82) is 0 Å². The Kier molecular flexibility index (Phi) is 3.96. The second-order valence-corrected chi connectivity index (χ2v) is 4.91. The first-order valence-electron chi connectivity index (χ1n) is 6.11. The number of hydrogen-bond donors (Lipinski definition) is 1. The third-order valence-electron chi connectivity index (χ3n) is 3.24. The molecule has 16 heavy (non-hydrogen) atoms. The standard InChI is InChI=1S/C12H22N4/c1-15(8-11-3-5-13-6-4-11)9-12-7-14-16(2)10-12/h7,10-11,13H,3-6,8-9H2,1-2H3. The van der Waals surface area contributed by atoms with Crippen molar-refractivity contribution >= 4 is 0 Å². The maximum Gasteiger partial charge on any atom is 0.0534 e. The number of hydrogen-bond acceptors (Lipinski definition) is 3. The lowest BCUT2D eigenvalue weighted by Gasteiger charge is -2.27. The average Bonchev–Trinajstić information content (AvgIpc) is 2.65. The molecule has 1 aliphatic rings. The zero-order valence-electron chi connectivity index (χ0n) is 10.3. The van der Waals surface area contributed by atoms with Gasteiger partial charge in [-0.3, -0.25) is 4.68 Å². The van der Waals surface area contributed by atoms with Gasteiger partial charge in [0.2, 0.25) is 0 Å². The summed E-state index contributed by atoms with van der Waals surface area (Å²) in [6, 6.07) is 0. The quantitative estimate of drug-likeness (QED) is 0.820. The van der Waals surface area contributed by atoms with Crippen LogP contribution in [0.4, 0.5) is 0 Å². The van der Waals surface area contributed by atoms with Crippen LogP contribution in [0.25, 0.3) is 0 Å². The Morgan fingerprint density at radius 3 is 2.88 bits per heavy atom.